The molecule has 0 spiro atoms. The number of hydrogen-bond acceptors (Lipinski definition) is 5. The van der Waals surface area contributed by atoms with Crippen molar-refractivity contribution < 1.29 is 23.4 Å². The number of nitrogens with zero attached hydrogens (tertiary/aromatic N) is 2. The number of H-pyrrole nitrogens is 1. The van der Waals surface area contributed by atoms with Gasteiger partial charge in [0.15, 0.2) is 0 Å². The molecule has 8 nitrogen and oxygen atoms in total. The molecule has 0 aliphatic carbocycles. The zero-order valence-electron chi connectivity index (χ0n) is 11.0. The van der Waals surface area contributed by atoms with E-state index in [1.165, 1.54) is 13.2 Å². The molecular formula is C12H13N3O5S. The van der Waals surface area contributed by atoms with Crippen molar-refractivity contribution >= 4 is 16.0 Å². The lowest BCUT2D eigenvalue weighted by Gasteiger charge is -2.16. The highest BCUT2D eigenvalue weighted by Crippen LogP contribution is 2.23. The summed E-state index contributed by atoms with van der Waals surface area (Å²) in [7, 11) is -2.50. The Morgan fingerprint density at radius 2 is 2.14 bits per heavy atom. The van der Waals surface area contributed by atoms with Gasteiger partial charge >= 0.3 is 5.97 Å². The third-order valence-corrected chi connectivity index (χ3v) is 4.67. The first-order valence-electron chi connectivity index (χ1n) is 5.82. The average molecular weight is 311 g/mol. The first kappa shape index (κ1) is 15.0. The van der Waals surface area contributed by atoms with Crippen LogP contribution in [0.15, 0.2) is 35.5 Å². The lowest BCUT2D eigenvalue weighted by Crippen LogP contribution is -2.26. The van der Waals surface area contributed by atoms with Crippen LogP contribution in [0.1, 0.15) is 15.9 Å². The van der Waals surface area contributed by atoms with Crippen LogP contribution in [0, 0.1) is 0 Å². The van der Waals surface area contributed by atoms with Gasteiger partial charge in [0.25, 0.3) is 0 Å². The van der Waals surface area contributed by atoms with E-state index >= 15 is 0 Å². The summed E-state index contributed by atoms with van der Waals surface area (Å²) in [6.07, 6.45) is 3.05. The van der Waals surface area contributed by atoms with E-state index in [1.807, 2.05) is 0 Å². The van der Waals surface area contributed by atoms with E-state index in [4.69, 9.17) is 5.11 Å². The van der Waals surface area contributed by atoms with Crippen LogP contribution < -0.4 is 0 Å². The fraction of sp³-hybridized carbons (Fsp3) is 0.167. The number of aromatic nitrogens is 2. The van der Waals surface area contributed by atoms with Crippen molar-refractivity contribution in [3.63, 3.8) is 0 Å². The van der Waals surface area contributed by atoms with Crippen molar-refractivity contribution in [1.82, 2.24) is 14.5 Å². The van der Waals surface area contributed by atoms with E-state index in [1.54, 1.807) is 6.20 Å². The SMILES string of the molecule is CN(Cc1cn[nH]c1)S(=O)(=O)c1ccc(O)c(C(=O)O)c1. The maximum absolute atomic E-state index is 12.4. The first-order valence-corrected chi connectivity index (χ1v) is 7.26. The Morgan fingerprint density at radius 3 is 2.71 bits per heavy atom. The van der Waals surface area contributed by atoms with Crippen LogP contribution in [0.5, 0.6) is 5.75 Å². The highest BCUT2D eigenvalue weighted by Gasteiger charge is 2.23. The summed E-state index contributed by atoms with van der Waals surface area (Å²) in [5.41, 5.74) is 0.200. The second-order valence-corrected chi connectivity index (χ2v) is 6.40. The molecule has 2 rings (SSSR count). The molecule has 3 N–H and O–H groups in total. The number of sulfonamides is 1. The summed E-state index contributed by atoms with van der Waals surface area (Å²) in [5, 5.41) is 24.6. The topological polar surface area (TPSA) is 124 Å². The van der Waals surface area contributed by atoms with E-state index < -0.39 is 27.3 Å². The Hall–Kier alpha value is -2.39. The van der Waals surface area contributed by atoms with E-state index in [0.29, 0.717) is 5.56 Å². The Bertz CT molecular complexity index is 755. The number of carboxylic acid groups (broad SMARTS) is 1. The molecular weight excluding hydrogens is 298 g/mol. The van der Waals surface area contributed by atoms with Gasteiger partial charge in [0.2, 0.25) is 10.0 Å². The number of nitrogens with one attached hydrogen (secondary N) is 1. The standard InChI is InChI=1S/C12H13N3O5S/c1-15(7-8-5-13-14-6-8)21(19,20)9-2-3-11(16)10(4-9)12(17)18/h2-6,16H,7H2,1H3,(H,13,14)(H,17,18). The minimum atomic E-state index is -3.87. The van der Waals surface area contributed by atoms with Crippen LogP contribution in [0.2, 0.25) is 0 Å². The van der Waals surface area contributed by atoms with Crippen molar-refractivity contribution in [2.24, 2.45) is 0 Å². The van der Waals surface area contributed by atoms with Crippen LogP contribution in [0.25, 0.3) is 0 Å². The molecule has 0 aliphatic heterocycles. The average Bonchev–Trinajstić information content (AvgIpc) is 2.91. The van der Waals surface area contributed by atoms with Gasteiger partial charge in [0, 0.05) is 25.4 Å². The molecule has 1 aromatic heterocycles. The third-order valence-electron chi connectivity index (χ3n) is 2.87. The van der Waals surface area contributed by atoms with Gasteiger partial charge in [-0.1, -0.05) is 0 Å². The molecule has 112 valence electrons. The third kappa shape index (κ3) is 3.03. The van der Waals surface area contributed by atoms with E-state index in [-0.39, 0.29) is 11.4 Å². The molecule has 2 aromatic rings. The lowest BCUT2D eigenvalue weighted by molar-refractivity contribution is 0.0693. The number of carbonyl (C=O) groups is 1. The van der Waals surface area contributed by atoms with E-state index in [2.05, 4.69) is 10.2 Å². The predicted molar refractivity (Wildman–Crippen MR) is 72.3 cm³/mol. The second-order valence-electron chi connectivity index (χ2n) is 4.35. The molecule has 1 heterocycles. The van der Waals surface area contributed by atoms with Crippen molar-refractivity contribution in [3.8, 4) is 5.75 Å². The number of carboxylic acids is 1. The molecule has 0 saturated heterocycles. The van der Waals surface area contributed by atoms with Gasteiger partial charge < -0.3 is 10.2 Å². The van der Waals surface area contributed by atoms with Gasteiger partial charge in [0.1, 0.15) is 11.3 Å². The second kappa shape index (κ2) is 5.54. The van der Waals surface area contributed by atoms with Crippen molar-refractivity contribution in [2.75, 3.05) is 7.05 Å². The first-order chi connectivity index (χ1) is 9.82. The molecule has 0 unspecified atom stereocenters. The minimum absolute atomic E-state index is 0.0854. The molecule has 0 bridgehead atoms. The Labute approximate surface area is 120 Å². The largest absolute Gasteiger partial charge is 0.507 e. The maximum atomic E-state index is 12.4. The maximum Gasteiger partial charge on any atom is 0.339 e. The number of aromatic amines is 1. The smallest absolute Gasteiger partial charge is 0.339 e. The summed E-state index contributed by atoms with van der Waals surface area (Å²) < 4.78 is 25.8. The number of phenols is 1. The highest BCUT2D eigenvalue weighted by atomic mass is 32.2. The predicted octanol–water partition coefficient (Wildman–Crippen LogP) is 0.634. The van der Waals surface area contributed by atoms with Crippen LogP contribution in [-0.4, -0.2) is 46.2 Å². The van der Waals surface area contributed by atoms with Crippen LogP contribution in [-0.2, 0) is 16.6 Å². The molecule has 9 heteroatoms. The van der Waals surface area contributed by atoms with Gasteiger partial charge in [0.05, 0.1) is 11.1 Å². The zero-order chi connectivity index (χ0) is 15.6. The van der Waals surface area contributed by atoms with Gasteiger partial charge in [-0.2, -0.15) is 9.40 Å². The summed E-state index contributed by atoms with van der Waals surface area (Å²) >= 11 is 0. The molecule has 21 heavy (non-hydrogen) atoms. The van der Waals surface area contributed by atoms with Gasteiger partial charge in [-0.3, -0.25) is 5.10 Å². The number of hydrogen-bond donors (Lipinski definition) is 3. The monoisotopic (exact) mass is 311 g/mol. The number of aromatic carboxylic acids is 1. The molecule has 0 saturated carbocycles. The Kier molecular flexibility index (Phi) is 3.96. The van der Waals surface area contributed by atoms with Gasteiger partial charge in [-0.15, -0.1) is 0 Å². The fourth-order valence-electron chi connectivity index (χ4n) is 1.73. The normalized spacial score (nSPS) is 11.7. The molecule has 0 amide bonds. The Balaban J connectivity index is 2.35. The highest BCUT2D eigenvalue weighted by molar-refractivity contribution is 7.89. The molecule has 1 aromatic carbocycles. The molecule has 0 radical (unpaired) electrons. The summed E-state index contributed by atoms with van der Waals surface area (Å²) in [6.45, 7) is 0.0854. The quantitative estimate of drug-likeness (QED) is 0.744. The fourth-order valence-corrected chi connectivity index (χ4v) is 2.92. The van der Waals surface area contributed by atoms with Crippen LogP contribution >= 0.6 is 0 Å². The van der Waals surface area contributed by atoms with Crippen LogP contribution in [0.4, 0.5) is 0 Å². The minimum Gasteiger partial charge on any atom is -0.507 e. The van der Waals surface area contributed by atoms with Crippen molar-refractivity contribution in [1.29, 1.82) is 0 Å². The van der Waals surface area contributed by atoms with E-state index in [0.717, 1.165) is 22.5 Å². The molecule has 0 fully saturated rings. The summed E-state index contributed by atoms with van der Waals surface area (Å²) in [6, 6.07) is 3.13. The van der Waals surface area contributed by atoms with Gasteiger partial charge in [-0.05, 0) is 18.2 Å². The van der Waals surface area contributed by atoms with E-state index in [9.17, 15) is 18.3 Å². The zero-order valence-corrected chi connectivity index (χ0v) is 11.8. The molecule has 0 atom stereocenters. The number of benzene rings is 1. The summed E-state index contributed by atoms with van der Waals surface area (Å²) in [4.78, 5) is 10.7. The summed E-state index contributed by atoms with van der Waals surface area (Å²) in [5.74, 6) is -1.89. The van der Waals surface area contributed by atoms with Crippen molar-refractivity contribution in [2.45, 2.75) is 11.4 Å². The Morgan fingerprint density at radius 1 is 1.43 bits per heavy atom. The number of rotatable bonds is 5. The lowest BCUT2D eigenvalue weighted by atomic mass is 10.2. The van der Waals surface area contributed by atoms with Gasteiger partial charge in [-0.25, -0.2) is 13.2 Å². The van der Waals surface area contributed by atoms with Crippen LogP contribution in [0.3, 0.4) is 0 Å². The number of aromatic hydroxyl groups is 1. The molecule has 0 aliphatic rings. The van der Waals surface area contributed by atoms with Crippen molar-refractivity contribution in [3.05, 3.63) is 41.7 Å².